The van der Waals surface area contributed by atoms with Gasteiger partial charge in [-0.15, -0.1) is 0 Å². The van der Waals surface area contributed by atoms with Gasteiger partial charge in [0.25, 0.3) is 5.91 Å². The Morgan fingerprint density at radius 1 is 0.972 bits per heavy atom. The fourth-order valence-corrected chi connectivity index (χ4v) is 3.42. The molecule has 5 N–H and O–H groups in total. The van der Waals surface area contributed by atoms with Crippen molar-refractivity contribution in [2.24, 2.45) is 0 Å². The van der Waals surface area contributed by atoms with Gasteiger partial charge in [0.15, 0.2) is 0 Å². The maximum Gasteiger partial charge on any atom is 0.251 e. The Morgan fingerprint density at radius 2 is 1.75 bits per heavy atom. The summed E-state index contributed by atoms with van der Waals surface area (Å²) < 4.78 is 5.27. The Morgan fingerprint density at radius 3 is 2.50 bits per heavy atom. The maximum absolute atomic E-state index is 12.4. The lowest BCUT2D eigenvalue weighted by Gasteiger charge is -2.12. The van der Waals surface area contributed by atoms with Gasteiger partial charge in [-0.25, -0.2) is 10.5 Å². The van der Waals surface area contributed by atoms with Crippen LogP contribution in [-0.4, -0.2) is 40.6 Å². The molecule has 10 nitrogen and oxygen atoms in total. The largest absolute Gasteiger partial charge is 0.497 e. The molecule has 0 aliphatic carbocycles. The highest BCUT2D eigenvalue weighted by atomic mass is 16.5. The molecule has 0 fully saturated rings. The van der Waals surface area contributed by atoms with Crippen LogP contribution in [0.4, 0.5) is 23.1 Å². The van der Waals surface area contributed by atoms with Gasteiger partial charge in [0.2, 0.25) is 11.9 Å². The SMILES string of the molecule is COc1cccc(Nc2nc(Nc3ccc(C(=O)NCCCCCCC(=O)NO)cc3)ncc2C)c1. The molecule has 0 saturated carbocycles. The van der Waals surface area contributed by atoms with Crippen molar-refractivity contribution in [3.8, 4) is 5.75 Å². The smallest absolute Gasteiger partial charge is 0.251 e. The third-order valence-electron chi connectivity index (χ3n) is 5.45. The minimum atomic E-state index is -0.375. The van der Waals surface area contributed by atoms with Crippen LogP contribution in [0.2, 0.25) is 0 Å². The monoisotopic (exact) mass is 492 g/mol. The lowest BCUT2D eigenvalue weighted by atomic mass is 10.1. The van der Waals surface area contributed by atoms with Gasteiger partial charge in [0.1, 0.15) is 11.6 Å². The van der Waals surface area contributed by atoms with E-state index in [1.807, 2.05) is 31.2 Å². The standard InChI is InChI=1S/C26H32N6O4/c1-18-17-28-26(31-24(18)29-21-8-7-9-22(16-21)36-2)30-20-13-11-19(12-14-20)25(34)27-15-6-4-3-5-10-23(33)32-35/h7-9,11-14,16-17,35H,3-6,10,15H2,1-2H3,(H,27,34)(H,32,33)(H2,28,29,30,31). The van der Waals surface area contributed by atoms with E-state index in [2.05, 4.69) is 25.9 Å². The van der Waals surface area contributed by atoms with Crippen LogP contribution in [0.5, 0.6) is 5.75 Å². The lowest BCUT2D eigenvalue weighted by Crippen LogP contribution is -2.24. The van der Waals surface area contributed by atoms with E-state index < -0.39 is 0 Å². The van der Waals surface area contributed by atoms with Crippen LogP contribution in [0, 0.1) is 6.92 Å². The maximum atomic E-state index is 12.4. The minimum Gasteiger partial charge on any atom is -0.497 e. The number of methoxy groups -OCH3 is 1. The Labute approximate surface area is 210 Å². The molecule has 0 bridgehead atoms. The van der Waals surface area contributed by atoms with Crippen LogP contribution in [0.1, 0.15) is 48.0 Å². The number of nitrogens with zero attached hydrogens (tertiary/aromatic N) is 2. The molecular formula is C26H32N6O4. The van der Waals surface area contributed by atoms with Gasteiger partial charge in [0, 0.05) is 47.7 Å². The Kier molecular flexibility index (Phi) is 10.0. The van der Waals surface area contributed by atoms with Crippen molar-refractivity contribution in [1.82, 2.24) is 20.8 Å². The van der Waals surface area contributed by atoms with Crippen molar-refractivity contribution in [2.75, 3.05) is 24.3 Å². The molecule has 0 atom stereocenters. The number of unbranched alkanes of at least 4 members (excludes halogenated alkanes) is 3. The number of ether oxygens (including phenoxy) is 1. The summed E-state index contributed by atoms with van der Waals surface area (Å²) in [6, 6.07) is 14.7. The van der Waals surface area contributed by atoms with E-state index in [9.17, 15) is 9.59 Å². The summed E-state index contributed by atoms with van der Waals surface area (Å²) in [4.78, 5) is 32.3. The molecule has 0 spiro atoms. The number of anilines is 4. The average molecular weight is 493 g/mol. The highest BCUT2D eigenvalue weighted by Crippen LogP contribution is 2.23. The highest BCUT2D eigenvalue weighted by Gasteiger charge is 2.08. The molecule has 1 heterocycles. The van der Waals surface area contributed by atoms with Crippen molar-refractivity contribution in [2.45, 2.75) is 39.0 Å². The van der Waals surface area contributed by atoms with E-state index >= 15 is 0 Å². The molecule has 0 saturated heterocycles. The van der Waals surface area contributed by atoms with Gasteiger partial charge >= 0.3 is 0 Å². The Bertz CT molecular complexity index is 1150. The summed E-state index contributed by atoms with van der Waals surface area (Å²) in [5.74, 6) is 1.34. The average Bonchev–Trinajstić information content (AvgIpc) is 2.90. The quantitative estimate of drug-likeness (QED) is 0.134. The molecule has 0 unspecified atom stereocenters. The minimum absolute atomic E-state index is 0.141. The first-order valence-corrected chi connectivity index (χ1v) is 11.8. The van der Waals surface area contributed by atoms with Crippen LogP contribution >= 0.6 is 0 Å². The van der Waals surface area contributed by atoms with Crippen LogP contribution in [0.15, 0.2) is 54.7 Å². The van der Waals surface area contributed by atoms with E-state index in [1.165, 1.54) is 0 Å². The van der Waals surface area contributed by atoms with E-state index in [0.717, 1.165) is 42.0 Å². The molecule has 10 heteroatoms. The second-order valence-electron chi connectivity index (χ2n) is 8.24. The normalized spacial score (nSPS) is 10.4. The Hall–Kier alpha value is -4.18. The molecule has 1 aromatic heterocycles. The number of hydroxylamine groups is 1. The zero-order valence-electron chi connectivity index (χ0n) is 20.5. The molecule has 190 valence electrons. The van der Waals surface area contributed by atoms with Gasteiger partial charge in [-0.3, -0.25) is 14.8 Å². The number of carbonyl (C=O) groups excluding carboxylic acids is 2. The number of aryl methyl sites for hydroxylation is 1. The molecule has 2 amide bonds. The number of benzene rings is 2. The second kappa shape index (κ2) is 13.6. The highest BCUT2D eigenvalue weighted by molar-refractivity contribution is 5.94. The number of rotatable bonds is 13. The third kappa shape index (κ3) is 8.24. The first-order chi connectivity index (χ1) is 17.5. The molecular weight excluding hydrogens is 460 g/mol. The number of aromatic nitrogens is 2. The van der Waals surface area contributed by atoms with Gasteiger partial charge in [-0.1, -0.05) is 18.9 Å². The molecule has 0 aliphatic heterocycles. The summed E-state index contributed by atoms with van der Waals surface area (Å²) in [5.41, 5.74) is 4.69. The molecule has 0 radical (unpaired) electrons. The summed E-state index contributed by atoms with van der Waals surface area (Å²) >= 11 is 0. The molecule has 0 aliphatic rings. The molecule has 3 aromatic rings. The second-order valence-corrected chi connectivity index (χ2v) is 8.24. The molecule has 3 rings (SSSR count). The Balaban J connectivity index is 1.48. The third-order valence-corrected chi connectivity index (χ3v) is 5.45. The number of carbonyl (C=O) groups is 2. The predicted octanol–water partition coefficient (Wildman–Crippen LogP) is 4.47. The fourth-order valence-electron chi connectivity index (χ4n) is 3.42. The predicted molar refractivity (Wildman–Crippen MR) is 138 cm³/mol. The first kappa shape index (κ1) is 26.4. The summed E-state index contributed by atoms with van der Waals surface area (Å²) in [5, 5.41) is 17.8. The van der Waals surface area contributed by atoms with Crippen molar-refractivity contribution in [1.29, 1.82) is 0 Å². The summed E-state index contributed by atoms with van der Waals surface area (Å²) in [6.45, 7) is 2.49. The number of hydrogen-bond acceptors (Lipinski definition) is 8. The summed E-state index contributed by atoms with van der Waals surface area (Å²) in [7, 11) is 1.62. The van der Waals surface area contributed by atoms with Crippen molar-refractivity contribution < 1.29 is 19.5 Å². The molecule has 36 heavy (non-hydrogen) atoms. The van der Waals surface area contributed by atoms with Gasteiger partial charge in [0.05, 0.1) is 7.11 Å². The van der Waals surface area contributed by atoms with Gasteiger partial charge in [-0.05, 0) is 56.2 Å². The number of amides is 2. The van der Waals surface area contributed by atoms with Crippen molar-refractivity contribution in [3.63, 3.8) is 0 Å². The van der Waals surface area contributed by atoms with E-state index in [1.54, 1.807) is 43.1 Å². The van der Waals surface area contributed by atoms with Gasteiger partial charge in [-0.2, -0.15) is 4.98 Å². The van der Waals surface area contributed by atoms with E-state index in [-0.39, 0.29) is 11.8 Å². The molecule has 2 aromatic carbocycles. The zero-order chi connectivity index (χ0) is 25.8. The first-order valence-electron chi connectivity index (χ1n) is 11.8. The van der Waals surface area contributed by atoms with E-state index in [0.29, 0.717) is 36.7 Å². The lowest BCUT2D eigenvalue weighted by molar-refractivity contribution is -0.129. The van der Waals surface area contributed by atoms with Crippen molar-refractivity contribution >= 4 is 35.0 Å². The topological polar surface area (TPSA) is 138 Å². The van der Waals surface area contributed by atoms with Crippen LogP contribution in [-0.2, 0) is 4.79 Å². The van der Waals surface area contributed by atoms with E-state index in [4.69, 9.17) is 9.94 Å². The number of hydrogen-bond donors (Lipinski definition) is 5. The number of nitrogens with one attached hydrogen (secondary N) is 4. The van der Waals surface area contributed by atoms with Crippen LogP contribution < -0.4 is 26.2 Å². The fraction of sp³-hybridized carbons (Fsp3) is 0.308. The zero-order valence-corrected chi connectivity index (χ0v) is 20.5. The van der Waals surface area contributed by atoms with Crippen LogP contribution in [0.3, 0.4) is 0 Å². The van der Waals surface area contributed by atoms with Crippen molar-refractivity contribution in [3.05, 3.63) is 65.9 Å². The van der Waals surface area contributed by atoms with Gasteiger partial charge < -0.3 is 20.7 Å². The van der Waals surface area contributed by atoms with Crippen LogP contribution in [0.25, 0.3) is 0 Å². The summed E-state index contributed by atoms with van der Waals surface area (Å²) in [6.07, 6.45) is 5.33.